The number of esters is 1. The summed E-state index contributed by atoms with van der Waals surface area (Å²) in [6.45, 7) is 7.04. The zero-order valence-electron chi connectivity index (χ0n) is 12.6. The molecule has 21 heavy (non-hydrogen) atoms. The first-order chi connectivity index (χ1) is 9.84. The molecule has 0 saturated heterocycles. The second-order valence-electron chi connectivity index (χ2n) is 5.70. The van der Waals surface area contributed by atoms with Gasteiger partial charge in [0.15, 0.2) is 0 Å². The number of ether oxygens (including phenoxy) is 1. The molecule has 2 rings (SSSR count). The average molecular weight is 289 g/mol. The van der Waals surface area contributed by atoms with Gasteiger partial charge in [-0.2, -0.15) is 0 Å². The number of nitrogens with zero attached hydrogens (tertiary/aromatic N) is 1. The highest BCUT2D eigenvalue weighted by molar-refractivity contribution is 6.22. The first-order valence-electron chi connectivity index (χ1n) is 7.02. The minimum atomic E-state index is -0.903. The molecule has 1 heterocycles. The molecule has 1 aliphatic heterocycles. The van der Waals surface area contributed by atoms with Gasteiger partial charge in [0.2, 0.25) is 0 Å². The summed E-state index contributed by atoms with van der Waals surface area (Å²) in [6.07, 6.45) is -0.297. The lowest BCUT2D eigenvalue weighted by Crippen LogP contribution is -2.49. The third-order valence-corrected chi connectivity index (χ3v) is 3.33. The van der Waals surface area contributed by atoms with Crippen molar-refractivity contribution in [2.24, 2.45) is 5.92 Å². The monoisotopic (exact) mass is 289 g/mol. The molecular weight excluding hydrogens is 270 g/mol. The molecule has 1 aromatic rings. The highest BCUT2D eigenvalue weighted by atomic mass is 16.5. The van der Waals surface area contributed by atoms with E-state index in [4.69, 9.17) is 4.74 Å². The van der Waals surface area contributed by atoms with Crippen LogP contribution in [0.1, 0.15) is 48.4 Å². The molecule has 0 fully saturated rings. The first-order valence-corrected chi connectivity index (χ1v) is 7.02. The lowest BCUT2D eigenvalue weighted by molar-refractivity contribution is -0.153. The molecule has 1 aromatic carbocycles. The van der Waals surface area contributed by atoms with Crippen LogP contribution in [-0.4, -0.2) is 34.8 Å². The summed E-state index contributed by atoms with van der Waals surface area (Å²) in [7, 11) is 0. The molecule has 0 aromatic heterocycles. The van der Waals surface area contributed by atoms with Crippen LogP contribution in [0.15, 0.2) is 24.3 Å². The molecule has 5 nitrogen and oxygen atoms in total. The molecule has 0 radical (unpaired) electrons. The highest BCUT2D eigenvalue weighted by Crippen LogP contribution is 2.27. The predicted octanol–water partition coefficient (Wildman–Crippen LogP) is 2.26. The van der Waals surface area contributed by atoms with Crippen molar-refractivity contribution < 1.29 is 19.1 Å². The van der Waals surface area contributed by atoms with Gasteiger partial charge in [0.05, 0.1) is 17.2 Å². The largest absolute Gasteiger partial charge is 0.461 e. The minimum absolute atomic E-state index is 0.224. The average Bonchev–Trinajstić information content (AvgIpc) is 2.64. The maximum Gasteiger partial charge on any atom is 0.329 e. The Labute approximate surface area is 123 Å². The van der Waals surface area contributed by atoms with E-state index in [1.54, 1.807) is 52.0 Å². The molecule has 2 amide bonds. The Kier molecular flexibility index (Phi) is 4.11. The topological polar surface area (TPSA) is 63.7 Å². The van der Waals surface area contributed by atoms with Crippen molar-refractivity contribution in [2.75, 3.05) is 0 Å². The quantitative estimate of drug-likeness (QED) is 0.630. The number of carbonyl (C=O) groups excluding carboxylic acids is 3. The number of carbonyl (C=O) groups is 3. The second-order valence-corrected chi connectivity index (χ2v) is 5.70. The van der Waals surface area contributed by atoms with Gasteiger partial charge in [0.1, 0.15) is 6.04 Å². The third kappa shape index (κ3) is 2.68. The van der Waals surface area contributed by atoms with E-state index >= 15 is 0 Å². The molecule has 5 heteroatoms. The molecule has 0 unspecified atom stereocenters. The second kappa shape index (κ2) is 5.68. The van der Waals surface area contributed by atoms with Gasteiger partial charge >= 0.3 is 5.97 Å². The van der Waals surface area contributed by atoms with E-state index in [1.807, 2.05) is 0 Å². The van der Waals surface area contributed by atoms with E-state index in [0.29, 0.717) is 11.1 Å². The summed E-state index contributed by atoms with van der Waals surface area (Å²) in [4.78, 5) is 38.2. The van der Waals surface area contributed by atoms with E-state index in [-0.39, 0.29) is 12.0 Å². The van der Waals surface area contributed by atoms with Crippen LogP contribution >= 0.6 is 0 Å². The molecule has 1 atom stereocenters. The van der Waals surface area contributed by atoms with Gasteiger partial charge in [0, 0.05) is 0 Å². The van der Waals surface area contributed by atoms with Gasteiger partial charge in [-0.1, -0.05) is 26.0 Å². The van der Waals surface area contributed by atoms with E-state index in [0.717, 1.165) is 4.90 Å². The normalized spacial score (nSPS) is 15.6. The summed E-state index contributed by atoms with van der Waals surface area (Å²) >= 11 is 0. The summed E-state index contributed by atoms with van der Waals surface area (Å²) in [5, 5.41) is 0. The molecule has 0 aliphatic carbocycles. The fraction of sp³-hybridized carbons (Fsp3) is 0.438. The van der Waals surface area contributed by atoms with Crippen LogP contribution in [-0.2, 0) is 9.53 Å². The van der Waals surface area contributed by atoms with Crippen molar-refractivity contribution in [3.05, 3.63) is 35.4 Å². The Morgan fingerprint density at radius 3 is 1.86 bits per heavy atom. The van der Waals surface area contributed by atoms with Gasteiger partial charge < -0.3 is 4.74 Å². The summed E-state index contributed by atoms with van der Waals surface area (Å²) < 4.78 is 5.20. The van der Waals surface area contributed by atoms with Crippen LogP contribution in [0.3, 0.4) is 0 Å². The van der Waals surface area contributed by atoms with E-state index in [9.17, 15) is 14.4 Å². The molecule has 1 aliphatic rings. The van der Waals surface area contributed by atoms with Crippen molar-refractivity contribution in [3.8, 4) is 0 Å². The van der Waals surface area contributed by atoms with Crippen LogP contribution in [0, 0.1) is 5.92 Å². The molecule has 0 spiro atoms. The Balaban J connectivity index is 2.38. The number of hydrogen-bond donors (Lipinski definition) is 0. The minimum Gasteiger partial charge on any atom is -0.461 e. The lowest BCUT2D eigenvalue weighted by Gasteiger charge is -2.28. The third-order valence-electron chi connectivity index (χ3n) is 3.33. The standard InChI is InChI=1S/C16H19NO4/c1-9(2)13(16(20)21-10(3)4)17-14(18)11-7-5-6-8-12(11)15(17)19/h5-10,13H,1-4H3/t13-/m0/s1. The zero-order chi connectivity index (χ0) is 15.7. The van der Waals surface area contributed by atoms with Crippen molar-refractivity contribution in [1.29, 1.82) is 0 Å². The van der Waals surface area contributed by atoms with Gasteiger partial charge in [-0.15, -0.1) is 0 Å². The Hall–Kier alpha value is -2.17. The van der Waals surface area contributed by atoms with Crippen LogP contribution < -0.4 is 0 Å². The molecule has 0 N–H and O–H groups in total. The number of amides is 2. The van der Waals surface area contributed by atoms with Gasteiger partial charge in [-0.25, -0.2) is 4.79 Å². The lowest BCUT2D eigenvalue weighted by atomic mass is 10.0. The van der Waals surface area contributed by atoms with E-state index in [1.165, 1.54) is 0 Å². The van der Waals surface area contributed by atoms with Crippen LogP contribution in [0.4, 0.5) is 0 Å². The van der Waals surface area contributed by atoms with Gasteiger partial charge in [0.25, 0.3) is 11.8 Å². The van der Waals surface area contributed by atoms with Gasteiger partial charge in [-0.3, -0.25) is 14.5 Å². The smallest absolute Gasteiger partial charge is 0.329 e. The maximum atomic E-state index is 12.4. The van der Waals surface area contributed by atoms with E-state index in [2.05, 4.69) is 0 Å². The highest BCUT2D eigenvalue weighted by Gasteiger charge is 2.44. The molecular formula is C16H19NO4. The molecule has 112 valence electrons. The predicted molar refractivity (Wildman–Crippen MR) is 76.8 cm³/mol. The Morgan fingerprint density at radius 1 is 1.00 bits per heavy atom. The van der Waals surface area contributed by atoms with Crippen LogP contribution in [0.2, 0.25) is 0 Å². The van der Waals surface area contributed by atoms with Crippen molar-refractivity contribution in [1.82, 2.24) is 4.90 Å². The summed E-state index contributed by atoms with van der Waals surface area (Å²) in [5.74, 6) is -1.64. The van der Waals surface area contributed by atoms with Crippen molar-refractivity contribution >= 4 is 17.8 Å². The fourth-order valence-corrected chi connectivity index (χ4v) is 2.44. The van der Waals surface area contributed by atoms with E-state index < -0.39 is 23.8 Å². The number of hydrogen-bond acceptors (Lipinski definition) is 4. The van der Waals surface area contributed by atoms with Gasteiger partial charge in [-0.05, 0) is 31.9 Å². The number of fused-ring (bicyclic) bond motifs is 1. The molecule has 0 bridgehead atoms. The number of imide groups is 1. The Bertz CT molecular complexity index is 557. The maximum absolute atomic E-state index is 12.4. The summed E-state index contributed by atoms with van der Waals surface area (Å²) in [5.41, 5.74) is 0.677. The summed E-state index contributed by atoms with van der Waals surface area (Å²) in [6, 6.07) is 5.69. The van der Waals surface area contributed by atoms with Crippen LogP contribution in [0.5, 0.6) is 0 Å². The number of benzene rings is 1. The first kappa shape index (κ1) is 15.2. The Morgan fingerprint density at radius 2 is 1.48 bits per heavy atom. The van der Waals surface area contributed by atoms with Crippen LogP contribution in [0.25, 0.3) is 0 Å². The number of rotatable bonds is 4. The SMILES string of the molecule is CC(C)OC(=O)[C@H](C(C)C)N1C(=O)c2ccccc2C1=O. The van der Waals surface area contributed by atoms with Crippen molar-refractivity contribution in [3.63, 3.8) is 0 Å². The fourth-order valence-electron chi connectivity index (χ4n) is 2.44. The van der Waals surface area contributed by atoms with Crippen molar-refractivity contribution in [2.45, 2.75) is 39.8 Å². The molecule has 0 saturated carbocycles. The zero-order valence-corrected chi connectivity index (χ0v) is 12.6.